The molecule has 0 aliphatic heterocycles. The van der Waals surface area contributed by atoms with Crippen LogP contribution in [0.1, 0.15) is 52.4 Å². The second-order valence-electron chi connectivity index (χ2n) is 5.63. The predicted octanol–water partition coefficient (Wildman–Crippen LogP) is 4.03. The molecule has 1 aromatic carbocycles. The average Bonchev–Trinajstić information content (AvgIpc) is 3.22. The third-order valence-electron chi connectivity index (χ3n) is 3.75. The van der Waals surface area contributed by atoms with Gasteiger partial charge in [0.15, 0.2) is 0 Å². The molecule has 1 aliphatic carbocycles. The molecule has 1 aliphatic rings. The third kappa shape index (κ3) is 3.28. The van der Waals surface area contributed by atoms with E-state index in [2.05, 4.69) is 43.4 Å². The molecule has 20 heavy (non-hydrogen) atoms. The van der Waals surface area contributed by atoms with Crippen molar-refractivity contribution in [2.75, 3.05) is 6.54 Å². The van der Waals surface area contributed by atoms with Crippen LogP contribution in [0.25, 0.3) is 0 Å². The monoisotopic (exact) mass is 286 g/mol. The largest absolute Gasteiger partial charge is 0.312 e. The van der Waals surface area contributed by atoms with Crippen molar-refractivity contribution in [1.82, 2.24) is 10.3 Å². The lowest BCUT2D eigenvalue weighted by Crippen LogP contribution is -2.11. The molecule has 0 radical (unpaired) electrons. The molecule has 2 aromatic rings. The van der Waals surface area contributed by atoms with Crippen LogP contribution in [0.15, 0.2) is 24.3 Å². The smallest absolute Gasteiger partial charge is 0.0975 e. The van der Waals surface area contributed by atoms with E-state index >= 15 is 0 Å². The van der Waals surface area contributed by atoms with Crippen molar-refractivity contribution >= 4 is 11.3 Å². The number of nitrogens with zero attached hydrogens (tertiary/aromatic N) is 1. The van der Waals surface area contributed by atoms with Crippen molar-refractivity contribution in [3.63, 3.8) is 0 Å². The van der Waals surface area contributed by atoms with Crippen LogP contribution in [0.2, 0.25) is 0 Å². The Morgan fingerprint density at radius 1 is 1.25 bits per heavy atom. The van der Waals surface area contributed by atoms with E-state index in [1.807, 2.05) is 11.3 Å². The van der Waals surface area contributed by atoms with E-state index in [1.165, 1.54) is 39.5 Å². The predicted molar refractivity (Wildman–Crippen MR) is 85.5 cm³/mol. The van der Waals surface area contributed by atoms with Crippen molar-refractivity contribution in [1.29, 1.82) is 0 Å². The lowest BCUT2D eigenvalue weighted by atomic mass is 10.1. The summed E-state index contributed by atoms with van der Waals surface area (Å²) in [4.78, 5) is 6.38. The number of thiazole rings is 1. The minimum absolute atomic E-state index is 0.742. The molecule has 1 heterocycles. The zero-order valence-corrected chi connectivity index (χ0v) is 13.1. The van der Waals surface area contributed by atoms with Crippen LogP contribution in [0, 0.1) is 6.92 Å². The number of hydrogen-bond donors (Lipinski definition) is 1. The molecule has 0 unspecified atom stereocenters. The molecule has 0 amide bonds. The first-order valence-corrected chi connectivity index (χ1v) is 8.32. The summed E-state index contributed by atoms with van der Waals surface area (Å²) in [5.41, 5.74) is 4.05. The first kappa shape index (κ1) is 13.8. The molecule has 0 saturated heterocycles. The summed E-state index contributed by atoms with van der Waals surface area (Å²) in [5, 5.41) is 4.71. The lowest BCUT2D eigenvalue weighted by molar-refractivity contribution is 0.726. The van der Waals surface area contributed by atoms with Gasteiger partial charge in [-0.1, -0.05) is 36.8 Å². The standard InChI is InChI=1S/C17H22N2S/c1-3-18-11-15-17(14-8-9-14)19-16(20-15)10-13-6-4-12(2)5-7-13/h4-7,14,18H,3,8-11H2,1-2H3. The minimum Gasteiger partial charge on any atom is -0.312 e. The van der Waals surface area contributed by atoms with Crippen LogP contribution in [-0.2, 0) is 13.0 Å². The first-order valence-electron chi connectivity index (χ1n) is 7.51. The van der Waals surface area contributed by atoms with Crippen LogP contribution in [0.5, 0.6) is 0 Å². The Morgan fingerprint density at radius 2 is 2.00 bits per heavy atom. The second kappa shape index (κ2) is 6.06. The molecule has 0 atom stereocenters. The minimum atomic E-state index is 0.742. The van der Waals surface area contributed by atoms with Gasteiger partial charge in [-0.2, -0.15) is 0 Å². The summed E-state index contributed by atoms with van der Waals surface area (Å²) in [5.74, 6) is 0.742. The van der Waals surface area contributed by atoms with E-state index in [-0.39, 0.29) is 0 Å². The number of nitrogens with one attached hydrogen (secondary N) is 1. The highest BCUT2D eigenvalue weighted by atomic mass is 32.1. The summed E-state index contributed by atoms with van der Waals surface area (Å²) < 4.78 is 0. The van der Waals surface area contributed by atoms with Gasteiger partial charge in [0.05, 0.1) is 10.7 Å². The van der Waals surface area contributed by atoms with Crippen molar-refractivity contribution in [2.45, 2.75) is 45.6 Å². The van der Waals surface area contributed by atoms with Gasteiger partial charge < -0.3 is 5.32 Å². The molecule has 1 N–H and O–H groups in total. The molecular weight excluding hydrogens is 264 g/mol. The molecule has 0 spiro atoms. The number of aryl methyl sites for hydroxylation is 1. The maximum absolute atomic E-state index is 4.92. The van der Waals surface area contributed by atoms with E-state index in [1.54, 1.807) is 0 Å². The van der Waals surface area contributed by atoms with Crippen molar-refractivity contribution in [3.8, 4) is 0 Å². The van der Waals surface area contributed by atoms with E-state index in [0.29, 0.717) is 0 Å². The molecule has 2 nitrogen and oxygen atoms in total. The van der Waals surface area contributed by atoms with Gasteiger partial charge in [-0.25, -0.2) is 4.98 Å². The third-order valence-corrected chi connectivity index (χ3v) is 4.82. The molecule has 106 valence electrons. The van der Waals surface area contributed by atoms with Crippen molar-refractivity contribution in [2.24, 2.45) is 0 Å². The van der Waals surface area contributed by atoms with Crippen molar-refractivity contribution < 1.29 is 0 Å². The Kier molecular flexibility index (Phi) is 4.18. The van der Waals surface area contributed by atoms with Crippen LogP contribution in [0.4, 0.5) is 0 Å². The Balaban J connectivity index is 1.77. The highest BCUT2D eigenvalue weighted by molar-refractivity contribution is 7.11. The summed E-state index contributed by atoms with van der Waals surface area (Å²) >= 11 is 1.89. The van der Waals surface area contributed by atoms with Gasteiger partial charge in [-0.05, 0) is 31.9 Å². The fraction of sp³-hybridized carbons (Fsp3) is 0.471. The highest BCUT2D eigenvalue weighted by Crippen LogP contribution is 2.42. The molecule has 1 fully saturated rings. The SMILES string of the molecule is CCNCc1sc(Cc2ccc(C)cc2)nc1C1CC1. The number of benzene rings is 1. The summed E-state index contributed by atoms with van der Waals surface area (Å²) in [6, 6.07) is 8.81. The van der Waals surface area contributed by atoms with Gasteiger partial charge >= 0.3 is 0 Å². The zero-order chi connectivity index (χ0) is 13.9. The zero-order valence-electron chi connectivity index (χ0n) is 12.3. The quantitative estimate of drug-likeness (QED) is 0.867. The Morgan fingerprint density at radius 3 is 2.65 bits per heavy atom. The molecule has 3 rings (SSSR count). The van der Waals surface area contributed by atoms with Crippen LogP contribution in [-0.4, -0.2) is 11.5 Å². The normalized spacial score (nSPS) is 14.7. The fourth-order valence-corrected chi connectivity index (χ4v) is 3.57. The maximum atomic E-state index is 4.92. The van der Waals surface area contributed by atoms with Gasteiger partial charge in [-0.15, -0.1) is 11.3 Å². The fourth-order valence-electron chi connectivity index (χ4n) is 2.41. The van der Waals surface area contributed by atoms with E-state index in [0.717, 1.165) is 25.4 Å². The van der Waals surface area contributed by atoms with Crippen LogP contribution >= 0.6 is 11.3 Å². The molecule has 1 aromatic heterocycles. The van der Waals surface area contributed by atoms with Gasteiger partial charge in [0.2, 0.25) is 0 Å². The van der Waals surface area contributed by atoms with E-state index in [4.69, 9.17) is 4.98 Å². The second-order valence-corrected chi connectivity index (χ2v) is 6.80. The Bertz CT molecular complexity index is 567. The summed E-state index contributed by atoms with van der Waals surface area (Å²) in [7, 11) is 0. The topological polar surface area (TPSA) is 24.9 Å². The van der Waals surface area contributed by atoms with Crippen molar-refractivity contribution in [3.05, 3.63) is 51.0 Å². The van der Waals surface area contributed by atoms with Gasteiger partial charge in [0, 0.05) is 23.8 Å². The maximum Gasteiger partial charge on any atom is 0.0975 e. The van der Waals surface area contributed by atoms with E-state index < -0.39 is 0 Å². The molecular formula is C17H22N2S. The first-order chi connectivity index (χ1) is 9.76. The number of aromatic nitrogens is 1. The van der Waals surface area contributed by atoms with E-state index in [9.17, 15) is 0 Å². The summed E-state index contributed by atoms with van der Waals surface area (Å²) in [6.45, 7) is 6.29. The Labute approximate surface area is 125 Å². The lowest BCUT2D eigenvalue weighted by Gasteiger charge is -2.00. The molecule has 1 saturated carbocycles. The van der Waals surface area contributed by atoms with Gasteiger partial charge in [-0.3, -0.25) is 0 Å². The number of rotatable bonds is 6. The van der Waals surface area contributed by atoms with Gasteiger partial charge in [0.1, 0.15) is 0 Å². The summed E-state index contributed by atoms with van der Waals surface area (Å²) in [6.07, 6.45) is 3.62. The van der Waals surface area contributed by atoms with Crippen LogP contribution < -0.4 is 5.32 Å². The Hall–Kier alpha value is -1.19. The van der Waals surface area contributed by atoms with Gasteiger partial charge in [0.25, 0.3) is 0 Å². The average molecular weight is 286 g/mol. The molecule has 0 bridgehead atoms. The van der Waals surface area contributed by atoms with Crippen LogP contribution in [0.3, 0.4) is 0 Å². The highest BCUT2D eigenvalue weighted by Gasteiger charge is 2.29. The molecule has 3 heteroatoms. The number of hydrogen-bond acceptors (Lipinski definition) is 3.